The molecule has 1 amide bonds. The van der Waals surface area contributed by atoms with Crippen LogP contribution in [-0.2, 0) is 15.3 Å². The molecule has 3 fully saturated rings. The molecule has 31 heavy (non-hydrogen) atoms. The van der Waals surface area contributed by atoms with Crippen LogP contribution in [0.25, 0.3) is 10.9 Å². The topological polar surface area (TPSA) is 72.4 Å². The van der Waals surface area contributed by atoms with E-state index in [4.69, 9.17) is 4.74 Å². The Bertz CT molecular complexity index is 1020. The number of hydrogen-bond acceptors (Lipinski definition) is 4. The Kier molecular flexibility index (Phi) is 5.25. The molecule has 2 aromatic rings. The molecule has 1 aromatic heterocycles. The fraction of sp³-hybridized carbons (Fsp3) is 0.583. The lowest BCUT2D eigenvalue weighted by molar-refractivity contribution is -0.119. The quantitative estimate of drug-likeness (QED) is 0.682. The van der Waals surface area contributed by atoms with Gasteiger partial charge in [-0.1, -0.05) is 32.1 Å². The molecule has 6 nitrogen and oxygen atoms in total. The van der Waals surface area contributed by atoms with Crippen LogP contribution < -0.4 is 10.6 Å². The SMILES string of the molecule is Cl.O=C1OC2(CCC2)n2c1cc1cc(NC(=O)[C@H]3NCC[C@H]3C3CCCCC3)ccc12. The highest BCUT2D eigenvalue weighted by Crippen LogP contribution is 2.48. The van der Waals surface area contributed by atoms with Gasteiger partial charge in [-0.25, -0.2) is 4.79 Å². The van der Waals surface area contributed by atoms with Gasteiger partial charge in [0.2, 0.25) is 5.91 Å². The summed E-state index contributed by atoms with van der Waals surface area (Å²) in [6.45, 7) is 0.925. The lowest BCUT2D eigenvalue weighted by Crippen LogP contribution is -2.42. The molecule has 6 rings (SSSR count). The van der Waals surface area contributed by atoms with Crippen LogP contribution in [0, 0.1) is 11.8 Å². The maximum atomic E-state index is 13.1. The maximum absolute atomic E-state index is 13.1. The second kappa shape index (κ2) is 7.82. The summed E-state index contributed by atoms with van der Waals surface area (Å²) in [4.78, 5) is 25.4. The predicted octanol–water partition coefficient (Wildman–Crippen LogP) is 4.57. The van der Waals surface area contributed by atoms with Gasteiger partial charge in [-0.15, -0.1) is 12.4 Å². The zero-order valence-electron chi connectivity index (χ0n) is 17.7. The first-order valence-electron chi connectivity index (χ1n) is 11.6. The Morgan fingerprint density at radius 2 is 1.90 bits per heavy atom. The molecule has 0 bridgehead atoms. The highest BCUT2D eigenvalue weighted by molar-refractivity contribution is 6.01. The maximum Gasteiger partial charge on any atom is 0.357 e. The smallest absolute Gasteiger partial charge is 0.357 e. The van der Waals surface area contributed by atoms with Crippen molar-refractivity contribution in [2.45, 2.75) is 69.6 Å². The van der Waals surface area contributed by atoms with Crippen LogP contribution >= 0.6 is 12.4 Å². The van der Waals surface area contributed by atoms with E-state index in [2.05, 4.69) is 15.2 Å². The Balaban J connectivity index is 0.00000204. The number of nitrogens with zero attached hydrogens (tertiary/aromatic N) is 1. The van der Waals surface area contributed by atoms with E-state index in [-0.39, 0.29) is 30.3 Å². The van der Waals surface area contributed by atoms with E-state index in [9.17, 15) is 9.59 Å². The molecule has 2 aliphatic carbocycles. The molecule has 1 saturated heterocycles. The summed E-state index contributed by atoms with van der Waals surface area (Å²) in [6, 6.07) is 7.75. The molecule has 7 heteroatoms. The summed E-state index contributed by atoms with van der Waals surface area (Å²) < 4.78 is 7.75. The van der Waals surface area contributed by atoms with E-state index < -0.39 is 5.72 Å². The molecular weight excluding hydrogens is 414 g/mol. The minimum Gasteiger partial charge on any atom is -0.434 e. The number of esters is 1. The second-order valence-corrected chi connectivity index (χ2v) is 9.60. The van der Waals surface area contributed by atoms with Crippen LogP contribution in [0.3, 0.4) is 0 Å². The fourth-order valence-corrected chi connectivity index (χ4v) is 6.26. The number of hydrogen-bond donors (Lipinski definition) is 2. The number of benzene rings is 1. The van der Waals surface area contributed by atoms with E-state index in [1.54, 1.807) is 0 Å². The number of fused-ring (bicyclic) bond motifs is 4. The first-order chi connectivity index (χ1) is 14.6. The first-order valence-corrected chi connectivity index (χ1v) is 11.6. The van der Waals surface area contributed by atoms with Crippen molar-refractivity contribution in [3.63, 3.8) is 0 Å². The average Bonchev–Trinajstić information content (AvgIpc) is 3.42. The zero-order valence-corrected chi connectivity index (χ0v) is 18.5. The van der Waals surface area contributed by atoms with E-state index in [1.807, 2.05) is 24.3 Å². The number of amides is 1. The number of anilines is 1. The molecule has 4 aliphatic rings. The van der Waals surface area contributed by atoms with Gasteiger partial charge in [0.25, 0.3) is 0 Å². The fourth-order valence-electron chi connectivity index (χ4n) is 6.26. The highest BCUT2D eigenvalue weighted by atomic mass is 35.5. The minimum atomic E-state index is -0.472. The van der Waals surface area contributed by atoms with Crippen LogP contribution in [0.15, 0.2) is 24.3 Å². The van der Waals surface area contributed by atoms with Gasteiger partial charge in [-0.05, 0) is 55.5 Å². The molecule has 1 aromatic carbocycles. The average molecular weight is 444 g/mol. The van der Waals surface area contributed by atoms with Crippen molar-refractivity contribution in [2.75, 3.05) is 11.9 Å². The molecule has 166 valence electrons. The molecule has 1 spiro atoms. The number of carbonyl (C=O) groups excluding carboxylic acids is 2. The number of aromatic nitrogens is 1. The van der Waals surface area contributed by atoms with Crippen molar-refractivity contribution in [1.82, 2.24) is 9.88 Å². The van der Waals surface area contributed by atoms with Crippen molar-refractivity contribution in [1.29, 1.82) is 0 Å². The van der Waals surface area contributed by atoms with Crippen LogP contribution in [0.2, 0.25) is 0 Å². The van der Waals surface area contributed by atoms with Crippen molar-refractivity contribution in [3.05, 3.63) is 30.0 Å². The lowest BCUT2D eigenvalue weighted by Gasteiger charge is -2.38. The summed E-state index contributed by atoms with van der Waals surface area (Å²) in [5, 5.41) is 7.57. The van der Waals surface area contributed by atoms with Crippen LogP contribution in [0.1, 0.15) is 68.3 Å². The van der Waals surface area contributed by atoms with Gasteiger partial charge < -0.3 is 15.4 Å². The second-order valence-electron chi connectivity index (χ2n) is 9.60. The van der Waals surface area contributed by atoms with E-state index >= 15 is 0 Å². The number of nitrogens with one attached hydrogen (secondary N) is 2. The van der Waals surface area contributed by atoms with Crippen molar-refractivity contribution >= 4 is 40.9 Å². The van der Waals surface area contributed by atoms with Crippen LogP contribution in [-0.4, -0.2) is 29.0 Å². The van der Waals surface area contributed by atoms with Gasteiger partial charge in [-0.3, -0.25) is 9.36 Å². The van der Waals surface area contributed by atoms with Crippen molar-refractivity contribution < 1.29 is 14.3 Å². The lowest BCUT2D eigenvalue weighted by atomic mass is 9.76. The van der Waals surface area contributed by atoms with Gasteiger partial charge in [0.05, 0.1) is 11.6 Å². The number of ether oxygens (including phenoxy) is 1. The van der Waals surface area contributed by atoms with Gasteiger partial charge in [-0.2, -0.15) is 0 Å². The molecule has 2 N–H and O–H groups in total. The summed E-state index contributed by atoms with van der Waals surface area (Å²) >= 11 is 0. The Morgan fingerprint density at radius 1 is 1.10 bits per heavy atom. The molecule has 2 atom stereocenters. The normalized spacial score (nSPS) is 26.9. The molecular formula is C24H30ClN3O3. The van der Waals surface area contributed by atoms with Gasteiger partial charge in [0.1, 0.15) is 5.69 Å². The Morgan fingerprint density at radius 3 is 2.65 bits per heavy atom. The predicted molar refractivity (Wildman–Crippen MR) is 122 cm³/mol. The number of carbonyl (C=O) groups is 2. The van der Waals surface area contributed by atoms with Crippen LogP contribution in [0.4, 0.5) is 5.69 Å². The zero-order chi connectivity index (χ0) is 20.3. The molecule has 3 heterocycles. The largest absolute Gasteiger partial charge is 0.434 e. The Labute approximate surface area is 188 Å². The minimum absolute atomic E-state index is 0. The van der Waals surface area contributed by atoms with Gasteiger partial charge >= 0.3 is 5.97 Å². The van der Waals surface area contributed by atoms with Crippen molar-refractivity contribution in [3.8, 4) is 0 Å². The number of halogens is 1. The summed E-state index contributed by atoms with van der Waals surface area (Å²) in [6.07, 6.45) is 10.4. The molecule has 2 aliphatic heterocycles. The number of rotatable bonds is 3. The molecule has 0 radical (unpaired) electrons. The van der Waals surface area contributed by atoms with Gasteiger partial charge in [0.15, 0.2) is 5.72 Å². The monoisotopic (exact) mass is 443 g/mol. The molecule has 2 saturated carbocycles. The summed E-state index contributed by atoms with van der Waals surface area (Å²) in [7, 11) is 0. The van der Waals surface area contributed by atoms with E-state index in [0.29, 0.717) is 17.5 Å². The van der Waals surface area contributed by atoms with Gasteiger partial charge in [0, 0.05) is 23.9 Å². The molecule has 0 unspecified atom stereocenters. The van der Waals surface area contributed by atoms with E-state index in [0.717, 1.165) is 48.8 Å². The first kappa shape index (κ1) is 20.8. The third-order valence-electron chi connectivity index (χ3n) is 7.91. The Hall–Kier alpha value is -2.05. The highest BCUT2D eigenvalue weighted by Gasteiger charge is 2.50. The standard InChI is InChI=1S/C24H29N3O3.ClH/c28-22(21-18(9-12-25-21)15-5-2-1-3-6-15)26-17-7-8-19-16(13-17)14-20-23(29)30-24(27(19)20)10-4-11-24;/h7-8,13-15,18,21,25H,1-6,9-12H2,(H,26,28);1H/t18-,21-;/m0./s1. The van der Waals surface area contributed by atoms with Crippen molar-refractivity contribution in [2.24, 2.45) is 11.8 Å². The summed E-state index contributed by atoms with van der Waals surface area (Å²) in [5.41, 5.74) is 1.96. The van der Waals surface area contributed by atoms with Crippen LogP contribution in [0.5, 0.6) is 0 Å². The van der Waals surface area contributed by atoms with E-state index in [1.165, 1.54) is 32.1 Å². The third-order valence-corrected chi connectivity index (χ3v) is 7.91. The third kappa shape index (κ3) is 3.26. The summed E-state index contributed by atoms with van der Waals surface area (Å²) in [5.74, 6) is 0.956.